The van der Waals surface area contributed by atoms with E-state index in [0.717, 1.165) is 0 Å². The minimum Gasteiger partial charge on any atom is -0.369 e. The van der Waals surface area contributed by atoms with E-state index in [2.05, 4.69) is 15.0 Å². The molecule has 20 heavy (non-hydrogen) atoms. The number of hydrogen-bond donors (Lipinski definition) is 4. The molecule has 0 aliphatic rings. The molecule has 110 valence electrons. The number of aromatic nitrogens is 4. The zero-order chi connectivity index (χ0) is 14.8. The average molecular weight is 303 g/mol. The van der Waals surface area contributed by atoms with E-state index in [0.29, 0.717) is 18.6 Å². The molecule has 2 aromatic heterocycles. The number of anilines is 1. The van der Waals surface area contributed by atoms with Gasteiger partial charge in [0.15, 0.2) is 11.2 Å². The third kappa shape index (κ3) is 3.64. The molecule has 0 radical (unpaired) electrons. The highest BCUT2D eigenvalue weighted by atomic mass is 31.2. The van der Waals surface area contributed by atoms with Crippen LogP contribution in [0.4, 0.5) is 5.95 Å². The number of H-pyrrole nitrogens is 1. The second-order valence-electron chi connectivity index (χ2n) is 4.12. The second-order valence-corrected chi connectivity index (χ2v) is 5.70. The molecule has 11 heteroatoms. The van der Waals surface area contributed by atoms with Crippen LogP contribution in [0.3, 0.4) is 0 Å². The molecule has 0 spiro atoms. The number of ether oxygens (including phenoxy) is 1. The van der Waals surface area contributed by atoms with Crippen molar-refractivity contribution in [2.45, 2.75) is 13.0 Å². The van der Waals surface area contributed by atoms with E-state index in [-0.39, 0.29) is 18.1 Å². The number of aryl methyl sites for hydroxylation is 1. The molecule has 0 saturated carbocycles. The zero-order valence-electron chi connectivity index (χ0n) is 10.4. The first kappa shape index (κ1) is 14.7. The minimum atomic E-state index is -4.13. The van der Waals surface area contributed by atoms with E-state index >= 15 is 0 Å². The van der Waals surface area contributed by atoms with Gasteiger partial charge in [-0.05, 0) is 6.42 Å². The number of nitrogens with one attached hydrogen (secondary N) is 1. The van der Waals surface area contributed by atoms with Gasteiger partial charge in [0, 0.05) is 13.2 Å². The van der Waals surface area contributed by atoms with E-state index in [1.54, 1.807) is 4.57 Å². The Bertz CT molecular complexity index is 704. The van der Waals surface area contributed by atoms with Crippen LogP contribution >= 0.6 is 7.60 Å². The molecule has 0 unspecified atom stereocenters. The fourth-order valence-corrected chi connectivity index (χ4v) is 2.02. The van der Waals surface area contributed by atoms with Gasteiger partial charge in [-0.2, -0.15) is 4.98 Å². The molecular weight excluding hydrogens is 289 g/mol. The Kier molecular flexibility index (Phi) is 4.19. The first-order valence-electron chi connectivity index (χ1n) is 5.70. The van der Waals surface area contributed by atoms with E-state index in [4.69, 9.17) is 20.3 Å². The molecular formula is C9H14N5O5P. The van der Waals surface area contributed by atoms with Crippen molar-refractivity contribution in [2.24, 2.45) is 0 Å². The van der Waals surface area contributed by atoms with Gasteiger partial charge in [-0.3, -0.25) is 14.3 Å². The second kappa shape index (κ2) is 5.71. The summed E-state index contributed by atoms with van der Waals surface area (Å²) in [4.78, 5) is 39.0. The highest BCUT2D eigenvalue weighted by Gasteiger charge is 2.12. The normalized spacial score (nSPS) is 12.1. The fraction of sp³-hybridized carbons (Fsp3) is 0.444. The monoisotopic (exact) mass is 303 g/mol. The van der Waals surface area contributed by atoms with E-state index in [9.17, 15) is 9.36 Å². The molecule has 0 saturated heterocycles. The molecule has 0 aromatic carbocycles. The summed E-state index contributed by atoms with van der Waals surface area (Å²) in [5, 5.41) is 0. The van der Waals surface area contributed by atoms with Gasteiger partial charge in [0.2, 0.25) is 5.95 Å². The lowest BCUT2D eigenvalue weighted by Gasteiger charge is -2.06. The van der Waals surface area contributed by atoms with E-state index in [1.165, 1.54) is 6.33 Å². The lowest BCUT2D eigenvalue weighted by molar-refractivity contribution is 0.151. The topological polar surface area (TPSA) is 156 Å². The van der Waals surface area contributed by atoms with Crippen molar-refractivity contribution in [1.29, 1.82) is 0 Å². The summed E-state index contributed by atoms with van der Waals surface area (Å²) in [6.07, 6.45) is 1.33. The Hall–Kier alpha value is -1.74. The third-order valence-corrected chi connectivity index (χ3v) is 2.96. The van der Waals surface area contributed by atoms with E-state index < -0.39 is 19.5 Å². The van der Waals surface area contributed by atoms with Crippen LogP contribution in [0.15, 0.2) is 11.1 Å². The molecule has 2 rings (SSSR count). The van der Waals surface area contributed by atoms with Crippen molar-refractivity contribution >= 4 is 24.7 Å². The molecule has 5 N–H and O–H groups in total. The first-order chi connectivity index (χ1) is 9.37. The molecule has 0 fully saturated rings. The fourth-order valence-electron chi connectivity index (χ4n) is 1.65. The van der Waals surface area contributed by atoms with Gasteiger partial charge in [0.25, 0.3) is 5.56 Å². The highest BCUT2D eigenvalue weighted by Crippen LogP contribution is 2.33. The molecule has 0 aliphatic heterocycles. The van der Waals surface area contributed by atoms with Gasteiger partial charge < -0.3 is 24.8 Å². The van der Waals surface area contributed by atoms with Gasteiger partial charge in [-0.15, -0.1) is 0 Å². The van der Waals surface area contributed by atoms with Gasteiger partial charge >= 0.3 is 7.60 Å². The maximum Gasteiger partial charge on any atom is 0.350 e. The molecule has 0 atom stereocenters. The summed E-state index contributed by atoms with van der Waals surface area (Å²) in [6.45, 7) is 0.608. The number of aromatic amines is 1. The van der Waals surface area contributed by atoms with Crippen molar-refractivity contribution in [2.75, 3.05) is 18.7 Å². The zero-order valence-corrected chi connectivity index (χ0v) is 11.3. The predicted molar refractivity (Wildman–Crippen MR) is 70.0 cm³/mol. The standard InChI is InChI=1S/C9H14N5O5P/c10-9-12-7-6(8(15)13-9)11-4-14(7)2-1-3-19-5-20(16,17)18/h4H,1-3,5H2,(H2,16,17,18)(H3,10,12,13,15). The Morgan fingerprint density at radius 2 is 2.25 bits per heavy atom. The largest absolute Gasteiger partial charge is 0.369 e. The number of imidazole rings is 1. The van der Waals surface area contributed by atoms with Gasteiger partial charge in [0.05, 0.1) is 6.33 Å². The maximum absolute atomic E-state index is 11.5. The smallest absolute Gasteiger partial charge is 0.350 e. The third-order valence-electron chi connectivity index (χ3n) is 2.44. The highest BCUT2D eigenvalue weighted by molar-refractivity contribution is 7.51. The SMILES string of the molecule is Nc1nc2c(ncn2CCCOCP(=O)(O)O)c(=O)[nH]1. The quantitative estimate of drug-likeness (QED) is 0.401. The lowest BCUT2D eigenvalue weighted by Crippen LogP contribution is -2.12. The minimum absolute atomic E-state index is 0.00185. The van der Waals surface area contributed by atoms with Crippen molar-refractivity contribution in [3.63, 3.8) is 0 Å². The number of fused-ring (bicyclic) bond motifs is 1. The number of nitrogens with zero attached hydrogens (tertiary/aromatic N) is 3. The van der Waals surface area contributed by atoms with Crippen molar-refractivity contribution in [1.82, 2.24) is 19.5 Å². The summed E-state index contributed by atoms with van der Waals surface area (Å²) >= 11 is 0. The Morgan fingerprint density at radius 3 is 2.95 bits per heavy atom. The summed E-state index contributed by atoms with van der Waals surface area (Å²) in [7, 11) is -4.13. The van der Waals surface area contributed by atoms with Crippen molar-refractivity contribution in [3.8, 4) is 0 Å². The lowest BCUT2D eigenvalue weighted by atomic mass is 10.4. The van der Waals surface area contributed by atoms with Crippen molar-refractivity contribution < 1.29 is 19.1 Å². The van der Waals surface area contributed by atoms with Crippen LogP contribution in [-0.4, -0.2) is 42.3 Å². The average Bonchev–Trinajstić information content (AvgIpc) is 2.70. The summed E-state index contributed by atoms with van der Waals surface area (Å²) < 4.78 is 17.0. The van der Waals surface area contributed by atoms with Crippen LogP contribution in [-0.2, 0) is 15.8 Å². The Balaban J connectivity index is 1.97. The van der Waals surface area contributed by atoms with Crippen LogP contribution in [0.5, 0.6) is 0 Å². The molecule has 10 nitrogen and oxygen atoms in total. The van der Waals surface area contributed by atoms with Crippen LogP contribution in [0.2, 0.25) is 0 Å². The van der Waals surface area contributed by atoms with Gasteiger partial charge in [0.1, 0.15) is 6.35 Å². The molecule has 0 amide bonds. The van der Waals surface area contributed by atoms with Crippen LogP contribution < -0.4 is 11.3 Å². The van der Waals surface area contributed by atoms with Crippen LogP contribution in [0.25, 0.3) is 11.2 Å². The molecule has 0 aliphatic carbocycles. The van der Waals surface area contributed by atoms with Gasteiger partial charge in [-0.1, -0.05) is 0 Å². The summed E-state index contributed by atoms with van der Waals surface area (Å²) in [6, 6.07) is 0. The predicted octanol–water partition coefficient (Wildman–Crippen LogP) is -0.756. The summed E-state index contributed by atoms with van der Waals surface area (Å²) in [5.74, 6) is 0.00185. The van der Waals surface area contributed by atoms with Crippen molar-refractivity contribution in [3.05, 3.63) is 16.7 Å². The number of rotatable bonds is 6. The Labute approximate surface area is 112 Å². The number of nitrogens with two attached hydrogens (primary N) is 1. The maximum atomic E-state index is 11.5. The Morgan fingerprint density at radius 1 is 1.50 bits per heavy atom. The molecule has 2 heterocycles. The first-order valence-corrected chi connectivity index (χ1v) is 7.49. The van der Waals surface area contributed by atoms with Crippen LogP contribution in [0.1, 0.15) is 6.42 Å². The van der Waals surface area contributed by atoms with E-state index in [1.807, 2.05) is 0 Å². The number of hydrogen-bond acceptors (Lipinski definition) is 6. The van der Waals surface area contributed by atoms with Crippen LogP contribution in [0, 0.1) is 0 Å². The molecule has 2 aromatic rings. The number of nitrogen functional groups attached to an aromatic ring is 1. The van der Waals surface area contributed by atoms with Gasteiger partial charge in [-0.25, -0.2) is 4.98 Å². The molecule has 0 bridgehead atoms. The summed E-state index contributed by atoms with van der Waals surface area (Å²) in [5.41, 5.74) is 5.60.